The van der Waals surface area contributed by atoms with E-state index >= 15 is 0 Å². The summed E-state index contributed by atoms with van der Waals surface area (Å²) in [5.41, 5.74) is 0.739. The van der Waals surface area contributed by atoms with Gasteiger partial charge in [0.25, 0.3) is 0 Å². The first-order valence-corrected chi connectivity index (χ1v) is 4.20. The van der Waals surface area contributed by atoms with Crippen molar-refractivity contribution in [2.45, 2.75) is 19.3 Å². The molecule has 0 saturated carbocycles. The lowest BCUT2D eigenvalue weighted by molar-refractivity contribution is -0.115. The maximum absolute atomic E-state index is 11.1. The van der Waals surface area contributed by atoms with Crippen molar-refractivity contribution < 1.29 is 14.3 Å². The van der Waals surface area contributed by atoms with Crippen LogP contribution in [0.1, 0.15) is 19.3 Å². The minimum absolute atomic E-state index is 0.0806. The van der Waals surface area contributed by atoms with Crippen molar-refractivity contribution in [1.29, 1.82) is 0 Å². The Balaban J connectivity index is 2.70. The van der Waals surface area contributed by atoms with Crippen LogP contribution in [0.15, 0.2) is 11.8 Å². The Morgan fingerprint density at radius 1 is 1.54 bits per heavy atom. The number of carbonyl (C=O) groups excluding carboxylic acids is 2. The molecule has 0 atom stereocenters. The summed E-state index contributed by atoms with van der Waals surface area (Å²) in [5.74, 6) is 0.0806. The number of methoxy groups -OCH3 is 1. The lowest BCUT2D eigenvalue weighted by Crippen LogP contribution is -2.27. The summed E-state index contributed by atoms with van der Waals surface area (Å²) < 4.78 is 4.54. The summed E-state index contributed by atoms with van der Waals surface area (Å²) in [4.78, 5) is 23.5. The van der Waals surface area contributed by atoms with E-state index in [1.807, 2.05) is 0 Å². The largest absolute Gasteiger partial charge is 0.452 e. The second-order valence-electron chi connectivity index (χ2n) is 2.98. The highest BCUT2D eigenvalue weighted by Gasteiger charge is 2.17. The monoisotopic (exact) mass is 183 g/mol. The van der Waals surface area contributed by atoms with Gasteiger partial charge in [0, 0.05) is 25.2 Å². The molecule has 72 valence electrons. The molecule has 0 aromatic heterocycles. The molecule has 0 aliphatic heterocycles. The number of ether oxygens (including phenoxy) is 1. The zero-order valence-corrected chi connectivity index (χ0v) is 7.87. The maximum Gasteiger partial charge on any atom is 0.413 e. The van der Waals surface area contributed by atoms with Gasteiger partial charge in [-0.05, 0) is 12.8 Å². The van der Waals surface area contributed by atoms with Crippen LogP contribution in [0.3, 0.4) is 0 Å². The Bertz CT molecular complexity index is 258. The number of hydrogen-bond acceptors (Lipinski definition) is 3. The second-order valence-corrected chi connectivity index (χ2v) is 2.98. The molecule has 0 bridgehead atoms. The summed E-state index contributed by atoms with van der Waals surface area (Å²) in [6.45, 7) is 0. The number of ketones is 1. The second kappa shape index (κ2) is 4.07. The zero-order chi connectivity index (χ0) is 9.84. The average Bonchev–Trinajstić information content (AvgIpc) is 2.15. The SMILES string of the molecule is COC(=O)N(C)C1=CC(=O)CCC1. The van der Waals surface area contributed by atoms with E-state index in [1.54, 1.807) is 7.05 Å². The molecule has 0 N–H and O–H groups in total. The molecule has 4 heteroatoms. The van der Waals surface area contributed by atoms with Crippen LogP contribution in [0, 0.1) is 0 Å². The molecule has 0 fully saturated rings. The Hall–Kier alpha value is -1.32. The molecular weight excluding hydrogens is 170 g/mol. The number of allylic oxidation sites excluding steroid dienone is 2. The highest BCUT2D eigenvalue weighted by molar-refractivity contribution is 5.91. The number of nitrogens with zero attached hydrogens (tertiary/aromatic N) is 1. The molecule has 1 aliphatic rings. The van der Waals surface area contributed by atoms with Crippen LogP contribution < -0.4 is 0 Å². The van der Waals surface area contributed by atoms with E-state index in [0.29, 0.717) is 6.42 Å². The molecule has 0 aromatic carbocycles. The van der Waals surface area contributed by atoms with Crippen molar-refractivity contribution in [3.63, 3.8) is 0 Å². The molecule has 13 heavy (non-hydrogen) atoms. The van der Waals surface area contributed by atoms with E-state index in [4.69, 9.17) is 0 Å². The predicted molar refractivity (Wildman–Crippen MR) is 47.1 cm³/mol. The van der Waals surface area contributed by atoms with Crippen molar-refractivity contribution in [3.8, 4) is 0 Å². The van der Waals surface area contributed by atoms with E-state index in [2.05, 4.69) is 4.74 Å². The van der Waals surface area contributed by atoms with Crippen molar-refractivity contribution >= 4 is 11.9 Å². The fourth-order valence-corrected chi connectivity index (χ4v) is 1.29. The van der Waals surface area contributed by atoms with Crippen molar-refractivity contribution in [2.24, 2.45) is 0 Å². The van der Waals surface area contributed by atoms with Gasteiger partial charge in [-0.3, -0.25) is 9.69 Å². The normalized spacial score (nSPS) is 16.5. The lowest BCUT2D eigenvalue weighted by atomic mass is 10.0. The number of carbonyl (C=O) groups is 2. The molecule has 1 rings (SSSR count). The standard InChI is InChI=1S/C9H13NO3/c1-10(9(12)13-2)7-4-3-5-8(11)6-7/h6H,3-5H2,1-2H3. The van der Waals surface area contributed by atoms with Gasteiger partial charge in [0.2, 0.25) is 0 Å². The highest BCUT2D eigenvalue weighted by Crippen LogP contribution is 2.18. The summed E-state index contributed by atoms with van der Waals surface area (Å²) in [7, 11) is 2.93. The van der Waals surface area contributed by atoms with Gasteiger partial charge >= 0.3 is 6.09 Å². The Morgan fingerprint density at radius 3 is 2.77 bits per heavy atom. The first-order valence-electron chi connectivity index (χ1n) is 4.20. The molecule has 1 amide bonds. The van der Waals surface area contributed by atoms with Crippen molar-refractivity contribution in [1.82, 2.24) is 4.90 Å². The van der Waals surface area contributed by atoms with E-state index in [9.17, 15) is 9.59 Å². The third-order valence-corrected chi connectivity index (χ3v) is 2.06. The fraction of sp³-hybridized carbons (Fsp3) is 0.556. The van der Waals surface area contributed by atoms with Crippen molar-refractivity contribution in [2.75, 3.05) is 14.2 Å². The number of rotatable bonds is 1. The van der Waals surface area contributed by atoms with Gasteiger partial charge < -0.3 is 4.74 Å². The van der Waals surface area contributed by atoms with Gasteiger partial charge in [-0.1, -0.05) is 0 Å². The molecular formula is C9H13NO3. The molecule has 0 spiro atoms. The van der Waals surface area contributed by atoms with Crippen LogP contribution in [-0.2, 0) is 9.53 Å². The molecule has 0 saturated heterocycles. The van der Waals surface area contributed by atoms with E-state index in [0.717, 1.165) is 18.5 Å². The van der Waals surface area contributed by atoms with Crippen LogP contribution >= 0.6 is 0 Å². The lowest BCUT2D eigenvalue weighted by Gasteiger charge is -2.21. The first-order chi connectivity index (χ1) is 6.15. The van der Waals surface area contributed by atoms with Crippen LogP contribution in [-0.4, -0.2) is 30.9 Å². The number of amides is 1. The van der Waals surface area contributed by atoms with Gasteiger partial charge in [-0.2, -0.15) is 0 Å². The van der Waals surface area contributed by atoms with Crippen LogP contribution in [0.25, 0.3) is 0 Å². The minimum atomic E-state index is -0.430. The topological polar surface area (TPSA) is 46.6 Å². The van der Waals surface area contributed by atoms with Crippen LogP contribution in [0.4, 0.5) is 4.79 Å². The summed E-state index contributed by atoms with van der Waals surface area (Å²) in [6, 6.07) is 0. The van der Waals surface area contributed by atoms with E-state index < -0.39 is 6.09 Å². The van der Waals surface area contributed by atoms with Gasteiger partial charge in [0.1, 0.15) is 0 Å². The summed E-state index contributed by atoms with van der Waals surface area (Å²) in [5, 5.41) is 0. The summed E-state index contributed by atoms with van der Waals surface area (Å²) >= 11 is 0. The van der Waals surface area contributed by atoms with Gasteiger partial charge in [-0.15, -0.1) is 0 Å². The predicted octanol–water partition coefficient (Wildman–Crippen LogP) is 1.32. The first kappa shape index (κ1) is 9.77. The third-order valence-electron chi connectivity index (χ3n) is 2.06. The summed E-state index contributed by atoms with van der Waals surface area (Å²) in [6.07, 6.45) is 3.24. The van der Waals surface area contributed by atoms with Crippen LogP contribution in [0.5, 0.6) is 0 Å². The Labute approximate surface area is 77.2 Å². The fourth-order valence-electron chi connectivity index (χ4n) is 1.29. The van der Waals surface area contributed by atoms with Gasteiger partial charge in [-0.25, -0.2) is 4.79 Å². The van der Waals surface area contributed by atoms with E-state index in [-0.39, 0.29) is 5.78 Å². The molecule has 0 unspecified atom stereocenters. The highest BCUT2D eigenvalue weighted by atomic mass is 16.5. The minimum Gasteiger partial charge on any atom is -0.452 e. The third kappa shape index (κ3) is 2.31. The zero-order valence-electron chi connectivity index (χ0n) is 7.87. The average molecular weight is 183 g/mol. The molecule has 0 radical (unpaired) electrons. The molecule has 0 aromatic rings. The van der Waals surface area contributed by atoms with E-state index in [1.165, 1.54) is 18.1 Å². The quantitative estimate of drug-likeness (QED) is 0.616. The molecule has 0 heterocycles. The Kier molecular flexibility index (Phi) is 3.06. The smallest absolute Gasteiger partial charge is 0.413 e. The maximum atomic E-state index is 11.1. The number of hydrogen-bond donors (Lipinski definition) is 0. The molecule has 1 aliphatic carbocycles. The van der Waals surface area contributed by atoms with Crippen molar-refractivity contribution in [3.05, 3.63) is 11.8 Å². The van der Waals surface area contributed by atoms with Crippen LogP contribution in [0.2, 0.25) is 0 Å². The van der Waals surface area contributed by atoms with Gasteiger partial charge in [0.15, 0.2) is 5.78 Å². The Morgan fingerprint density at radius 2 is 2.23 bits per heavy atom. The van der Waals surface area contributed by atoms with Gasteiger partial charge in [0.05, 0.1) is 7.11 Å². The molecule has 4 nitrogen and oxygen atoms in total.